The van der Waals surface area contributed by atoms with Gasteiger partial charge in [0.15, 0.2) is 5.96 Å². The second-order valence-electron chi connectivity index (χ2n) is 11.6. The fourth-order valence-corrected chi connectivity index (χ4v) is 5.97. The van der Waals surface area contributed by atoms with Crippen LogP contribution in [0.3, 0.4) is 0 Å². The molecule has 0 radical (unpaired) electrons. The first kappa shape index (κ1) is 35.8. The third-order valence-electron chi connectivity index (χ3n) is 7.23. The van der Waals surface area contributed by atoms with Crippen molar-refractivity contribution in [3.8, 4) is 0 Å². The average Bonchev–Trinajstić information content (AvgIpc) is 3.37. The van der Waals surface area contributed by atoms with E-state index in [2.05, 4.69) is 20.9 Å². The van der Waals surface area contributed by atoms with Crippen molar-refractivity contribution in [2.24, 2.45) is 21.9 Å². The highest BCUT2D eigenvalue weighted by molar-refractivity contribution is 6.31. The lowest BCUT2D eigenvalue weighted by Gasteiger charge is -2.37. The third kappa shape index (κ3) is 7.76. The molecular weight excluding hydrogens is 650 g/mol. The second-order valence-corrected chi connectivity index (χ2v) is 12.5. The quantitative estimate of drug-likeness (QED) is 0.116. The van der Waals surface area contributed by atoms with E-state index in [0.717, 1.165) is 0 Å². The van der Waals surface area contributed by atoms with Crippen LogP contribution in [0.5, 0.6) is 0 Å². The number of carbonyl (C=O) groups is 3. The van der Waals surface area contributed by atoms with E-state index in [1.807, 2.05) is 20.8 Å². The van der Waals surface area contributed by atoms with E-state index in [-0.39, 0.29) is 34.5 Å². The van der Waals surface area contributed by atoms with Crippen LogP contribution in [-0.2, 0) is 19.8 Å². The molecule has 45 heavy (non-hydrogen) atoms. The van der Waals surface area contributed by atoms with Crippen LogP contribution in [0.25, 0.3) is 0 Å². The number of guanidine groups is 1. The van der Waals surface area contributed by atoms with Gasteiger partial charge in [0.2, 0.25) is 11.8 Å². The van der Waals surface area contributed by atoms with Gasteiger partial charge in [-0.3, -0.25) is 14.6 Å². The van der Waals surface area contributed by atoms with Crippen molar-refractivity contribution in [2.45, 2.75) is 56.8 Å². The van der Waals surface area contributed by atoms with Crippen molar-refractivity contribution in [1.82, 2.24) is 10.6 Å². The number of aliphatic carboxylic acids is 1. The van der Waals surface area contributed by atoms with E-state index in [1.165, 1.54) is 30.3 Å². The summed E-state index contributed by atoms with van der Waals surface area (Å²) in [5.74, 6) is -5.93. The molecule has 2 heterocycles. The van der Waals surface area contributed by atoms with E-state index in [0.29, 0.717) is 23.2 Å². The molecule has 10 nitrogen and oxygen atoms in total. The minimum absolute atomic E-state index is 0.110. The number of carbonyl (C=O) groups excluding carboxylic acids is 2. The minimum atomic E-state index is -5.08. The largest absolute Gasteiger partial charge is 0.490 e. The lowest BCUT2D eigenvalue weighted by atomic mass is 9.62. The molecule has 0 aromatic heterocycles. The zero-order chi connectivity index (χ0) is 34.1. The van der Waals surface area contributed by atoms with Gasteiger partial charge in [-0.15, -0.1) is 0 Å². The maximum absolute atomic E-state index is 14.9. The number of rotatable bonds is 6. The smallest absolute Gasteiger partial charge is 0.475 e. The molecule has 1 fully saturated rings. The summed E-state index contributed by atoms with van der Waals surface area (Å²) in [7, 11) is 0. The van der Waals surface area contributed by atoms with Crippen LogP contribution in [-0.4, -0.2) is 60.2 Å². The van der Waals surface area contributed by atoms with E-state index >= 15 is 0 Å². The topological polar surface area (TPSA) is 172 Å². The predicted molar refractivity (Wildman–Crippen MR) is 158 cm³/mol. The SMILES string of the molecule is CC(C)(C)C[C@H]1N[C@@H](C(=O)NCCN=C(N)N)[C@H](c2ccc(F)c(Cl)c2)[C@@]12C(=O)Nc1cc(Cl)c(F)cc12.O=C(O)C(F)(F)F. The molecule has 17 heteroatoms. The van der Waals surface area contributed by atoms with E-state index in [9.17, 15) is 31.5 Å². The maximum atomic E-state index is 14.9. The zero-order valence-electron chi connectivity index (χ0n) is 24.2. The molecule has 0 bridgehead atoms. The summed E-state index contributed by atoms with van der Waals surface area (Å²) >= 11 is 12.2. The fourth-order valence-electron chi connectivity index (χ4n) is 5.61. The van der Waals surface area contributed by atoms with Gasteiger partial charge in [-0.1, -0.05) is 50.0 Å². The number of halogens is 7. The van der Waals surface area contributed by atoms with E-state index in [1.54, 1.807) is 0 Å². The molecule has 0 saturated carbocycles. The molecule has 4 rings (SSSR count). The molecule has 0 aliphatic carbocycles. The number of hydrogen-bond donors (Lipinski definition) is 6. The first-order chi connectivity index (χ1) is 20.7. The standard InChI is InChI=1S/C26H30Cl2F2N6O2.C2HF3O2/c1-25(2,3)11-19-26(13-9-17(30)15(28)10-18(13)35-23(26)38)20(12-4-5-16(29)14(27)8-12)21(36-19)22(37)33-6-7-34-24(31)32;3-2(4,5)1(6)7/h4-5,8-10,19-21,36H,6-7,11H2,1-3H3,(H,33,37)(H,35,38)(H4,31,32,34);(H,6,7)/t19-,20+,21-,26+;/m1./s1. The Hall–Kier alpha value is -3.69. The molecule has 1 saturated heterocycles. The molecule has 1 spiro atoms. The summed E-state index contributed by atoms with van der Waals surface area (Å²) in [5, 5.41) is 15.8. The number of nitrogens with one attached hydrogen (secondary N) is 3. The summed E-state index contributed by atoms with van der Waals surface area (Å²) in [5.41, 5.74) is 10.2. The molecule has 0 unspecified atom stereocenters. The number of carboxylic acids is 1. The normalized spacial score (nSPS) is 22.3. The second kappa shape index (κ2) is 13.3. The molecule has 2 aromatic carbocycles. The van der Waals surface area contributed by atoms with Crippen molar-refractivity contribution in [1.29, 1.82) is 0 Å². The Morgan fingerprint density at radius 1 is 1.07 bits per heavy atom. The van der Waals surface area contributed by atoms with Crippen LogP contribution in [0.1, 0.15) is 44.2 Å². The van der Waals surface area contributed by atoms with Crippen LogP contribution in [0.15, 0.2) is 35.3 Å². The summed E-state index contributed by atoms with van der Waals surface area (Å²) in [6.07, 6.45) is -4.63. The number of alkyl halides is 3. The Labute approximate surface area is 264 Å². The number of benzene rings is 2. The number of hydrogen-bond acceptors (Lipinski definition) is 5. The fraction of sp³-hybridized carbons (Fsp3) is 0.429. The van der Waals surface area contributed by atoms with Gasteiger partial charge in [0, 0.05) is 24.2 Å². The van der Waals surface area contributed by atoms with Crippen LogP contribution in [0, 0.1) is 17.0 Å². The van der Waals surface area contributed by atoms with Gasteiger partial charge in [-0.25, -0.2) is 13.6 Å². The van der Waals surface area contributed by atoms with Crippen LogP contribution in [0.2, 0.25) is 10.0 Å². The first-order valence-electron chi connectivity index (χ1n) is 13.3. The van der Waals surface area contributed by atoms with Gasteiger partial charge in [-0.05, 0) is 47.2 Å². The van der Waals surface area contributed by atoms with Crippen LogP contribution in [0.4, 0.5) is 27.6 Å². The molecular formula is C28H31Cl2F5N6O4. The van der Waals surface area contributed by atoms with Crippen molar-refractivity contribution in [3.05, 3.63) is 63.1 Å². The van der Waals surface area contributed by atoms with Crippen LogP contribution >= 0.6 is 23.2 Å². The molecule has 246 valence electrons. The van der Waals surface area contributed by atoms with Gasteiger partial charge in [-0.2, -0.15) is 13.2 Å². The van der Waals surface area contributed by atoms with Gasteiger partial charge in [0.25, 0.3) is 0 Å². The van der Waals surface area contributed by atoms with Gasteiger partial charge in [0.05, 0.1) is 22.6 Å². The highest BCUT2D eigenvalue weighted by atomic mass is 35.5. The maximum Gasteiger partial charge on any atom is 0.490 e. The zero-order valence-corrected chi connectivity index (χ0v) is 25.7. The van der Waals surface area contributed by atoms with Gasteiger partial charge >= 0.3 is 12.1 Å². The third-order valence-corrected chi connectivity index (χ3v) is 7.81. The molecule has 2 aliphatic rings. The Morgan fingerprint density at radius 3 is 2.20 bits per heavy atom. The van der Waals surface area contributed by atoms with E-state index < -0.39 is 59.0 Å². The minimum Gasteiger partial charge on any atom is -0.475 e. The first-order valence-corrected chi connectivity index (χ1v) is 14.1. The van der Waals surface area contributed by atoms with Crippen molar-refractivity contribution in [2.75, 3.05) is 18.4 Å². The van der Waals surface area contributed by atoms with Crippen molar-refractivity contribution >= 4 is 52.6 Å². The Morgan fingerprint density at radius 2 is 1.67 bits per heavy atom. The number of amides is 2. The summed E-state index contributed by atoms with van der Waals surface area (Å²) in [6.45, 7) is 6.30. The Bertz CT molecular complexity index is 1510. The Balaban J connectivity index is 0.000000707. The number of nitrogens with zero attached hydrogens (tertiary/aromatic N) is 1. The number of aliphatic imine (C=N–C) groups is 1. The number of anilines is 1. The van der Waals surface area contributed by atoms with Gasteiger partial charge < -0.3 is 32.5 Å². The molecule has 2 amide bonds. The highest BCUT2D eigenvalue weighted by Gasteiger charge is 2.66. The monoisotopic (exact) mass is 680 g/mol. The summed E-state index contributed by atoms with van der Waals surface area (Å²) in [6, 6.07) is 5.12. The highest BCUT2D eigenvalue weighted by Crippen LogP contribution is 2.57. The van der Waals surface area contributed by atoms with Crippen molar-refractivity contribution < 1.29 is 41.4 Å². The van der Waals surface area contributed by atoms with E-state index in [4.69, 9.17) is 44.6 Å². The Kier molecular flexibility index (Phi) is 10.6. The number of nitrogens with two attached hydrogens (primary N) is 2. The number of carboxylic acid groups (broad SMARTS) is 1. The lowest BCUT2D eigenvalue weighted by molar-refractivity contribution is -0.192. The van der Waals surface area contributed by atoms with Gasteiger partial charge in [0.1, 0.15) is 17.0 Å². The summed E-state index contributed by atoms with van der Waals surface area (Å²) < 4.78 is 60.8. The summed E-state index contributed by atoms with van der Waals surface area (Å²) in [4.78, 5) is 40.4. The van der Waals surface area contributed by atoms with Crippen LogP contribution < -0.4 is 27.4 Å². The molecule has 2 aromatic rings. The lowest BCUT2D eigenvalue weighted by Crippen LogP contribution is -2.49. The van der Waals surface area contributed by atoms with Crippen molar-refractivity contribution in [3.63, 3.8) is 0 Å². The number of fused-ring (bicyclic) bond motifs is 2. The predicted octanol–water partition coefficient (Wildman–Crippen LogP) is 4.04. The molecule has 4 atom stereocenters. The average molecular weight is 681 g/mol. The molecule has 2 aliphatic heterocycles. The molecule has 8 N–H and O–H groups in total.